The Morgan fingerprint density at radius 1 is 1.20 bits per heavy atom. The van der Waals surface area contributed by atoms with Crippen molar-refractivity contribution >= 4 is 11.9 Å². The summed E-state index contributed by atoms with van der Waals surface area (Å²) in [4.78, 5) is 35.2. The third-order valence-corrected chi connectivity index (χ3v) is 4.54. The van der Waals surface area contributed by atoms with Crippen molar-refractivity contribution in [2.45, 2.75) is 19.4 Å². The van der Waals surface area contributed by atoms with Crippen LogP contribution in [0.25, 0.3) is 0 Å². The molecule has 1 saturated carbocycles. The number of nitrogens with zero attached hydrogens (tertiary/aromatic N) is 2. The fourth-order valence-electron chi connectivity index (χ4n) is 3.19. The lowest BCUT2D eigenvalue weighted by Crippen LogP contribution is -2.31. The van der Waals surface area contributed by atoms with E-state index in [2.05, 4.69) is 10.4 Å². The van der Waals surface area contributed by atoms with E-state index in [-0.39, 0.29) is 29.6 Å². The first-order chi connectivity index (χ1) is 12.0. The van der Waals surface area contributed by atoms with Crippen molar-refractivity contribution in [3.8, 4) is 0 Å². The molecule has 2 N–H and O–H groups in total. The van der Waals surface area contributed by atoms with Gasteiger partial charge in [-0.1, -0.05) is 30.3 Å². The maximum absolute atomic E-state index is 12.2. The highest BCUT2D eigenvalue weighted by atomic mass is 16.4. The molecule has 3 unspecified atom stereocenters. The Hall–Kier alpha value is -2.96. The second kappa shape index (κ2) is 6.88. The maximum atomic E-state index is 12.2. The van der Waals surface area contributed by atoms with Gasteiger partial charge in [-0.25, -0.2) is 4.68 Å². The largest absolute Gasteiger partial charge is 0.481 e. The molecule has 1 amide bonds. The lowest BCUT2D eigenvalue weighted by molar-refractivity contribution is -0.139. The maximum Gasteiger partial charge on any atom is 0.307 e. The normalized spacial score (nSPS) is 21.6. The molecule has 1 aromatic carbocycles. The molecular formula is C18H19N3O4. The van der Waals surface area contributed by atoms with Crippen LogP contribution in [0.3, 0.4) is 0 Å². The fraction of sp³-hybridized carbons (Fsp3) is 0.333. The monoisotopic (exact) mass is 341 g/mol. The standard InChI is InChI=1S/C18H19N3O4/c1-2-21-14(22)9-8-13(20-21)17(23)19-10-12-15(16(12)18(24)25)11-6-4-3-5-7-11/h3-9,12,15-16H,2,10H2,1H3,(H,19,23)(H,24,25). The van der Waals surface area contributed by atoms with Crippen LogP contribution < -0.4 is 10.9 Å². The van der Waals surface area contributed by atoms with Crippen LogP contribution in [0.5, 0.6) is 0 Å². The first-order valence-electron chi connectivity index (χ1n) is 8.17. The summed E-state index contributed by atoms with van der Waals surface area (Å²) >= 11 is 0. The van der Waals surface area contributed by atoms with Crippen LogP contribution in [0, 0.1) is 11.8 Å². The average molecular weight is 341 g/mol. The minimum Gasteiger partial charge on any atom is -0.481 e. The number of benzene rings is 1. The zero-order valence-electron chi connectivity index (χ0n) is 13.8. The first-order valence-corrected chi connectivity index (χ1v) is 8.17. The van der Waals surface area contributed by atoms with E-state index < -0.39 is 17.8 Å². The van der Waals surface area contributed by atoms with Crippen molar-refractivity contribution in [1.82, 2.24) is 15.1 Å². The Morgan fingerprint density at radius 2 is 1.92 bits per heavy atom. The molecule has 130 valence electrons. The summed E-state index contributed by atoms with van der Waals surface area (Å²) in [5, 5.41) is 16.1. The Morgan fingerprint density at radius 3 is 2.56 bits per heavy atom. The molecule has 2 aromatic rings. The molecule has 7 heteroatoms. The number of aromatic nitrogens is 2. The number of carboxylic acid groups (broad SMARTS) is 1. The lowest BCUT2D eigenvalue weighted by Gasteiger charge is -2.06. The van der Waals surface area contributed by atoms with Crippen molar-refractivity contribution in [2.75, 3.05) is 6.54 Å². The summed E-state index contributed by atoms with van der Waals surface area (Å²) in [5.74, 6) is -2.02. The fourth-order valence-corrected chi connectivity index (χ4v) is 3.19. The second-order valence-electron chi connectivity index (χ2n) is 6.05. The number of nitrogens with one attached hydrogen (secondary N) is 1. The third kappa shape index (κ3) is 3.45. The molecule has 1 aromatic heterocycles. The molecule has 3 atom stereocenters. The molecule has 1 aliphatic carbocycles. The van der Waals surface area contributed by atoms with E-state index in [0.717, 1.165) is 5.56 Å². The van der Waals surface area contributed by atoms with Crippen LogP contribution in [-0.4, -0.2) is 33.3 Å². The molecule has 1 aliphatic rings. The topological polar surface area (TPSA) is 101 Å². The molecule has 0 radical (unpaired) electrons. The summed E-state index contributed by atoms with van der Waals surface area (Å²) in [7, 11) is 0. The van der Waals surface area contributed by atoms with Crippen molar-refractivity contribution in [3.63, 3.8) is 0 Å². The molecule has 0 spiro atoms. The minimum absolute atomic E-state index is 0.100. The molecule has 0 aliphatic heterocycles. The van der Waals surface area contributed by atoms with E-state index in [1.54, 1.807) is 6.92 Å². The summed E-state index contributed by atoms with van der Waals surface area (Å²) in [6, 6.07) is 12.1. The molecule has 1 heterocycles. The Balaban J connectivity index is 1.67. The Bertz CT molecular complexity index is 847. The highest BCUT2D eigenvalue weighted by molar-refractivity contribution is 5.92. The summed E-state index contributed by atoms with van der Waals surface area (Å²) < 4.78 is 1.21. The van der Waals surface area contributed by atoms with E-state index in [9.17, 15) is 19.5 Å². The van der Waals surface area contributed by atoms with Crippen molar-refractivity contribution < 1.29 is 14.7 Å². The SMILES string of the molecule is CCn1nc(C(=O)NCC2C(C(=O)O)C2c2ccccc2)ccc1=O. The van der Waals surface area contributed by atoms with E-state index in [0.29, 0.717) is 6.54 Å². The third-order valence-electron chi connectivity index (χ3n) is 4.54. The number of hydrogen-bond donors (Lipinski definition) is 2. The van der Waals surface area contributed by atoms with Crippen LogP contribution in [0.1, 0.15) is 28.9 Å². The van der Waals surface area contributed by atoms with Gasteiger partial charge in [-0.3, -0.25) is 14.4 Å². The zero-order valence-corrected chi connectivity index (χ0v) is 13.8. The number of rotatable bonds is 6. The average Bonchev–Trinajstić information content (AvgIpc) is 3.35. The summed E-state index contributed by atoms with van der Waals surface area (Å²) in [6.45, 7) is 2.39. The van der Waals surface area contributed by atoms with Crippen LogP contribution >= 0.6 is 0 Å². The number of carbonyl (C=O) groups is 2. The van der Waals surface area contributed by atoms with Gasteiger partial charge in [-0.2, -0.15) is 5.10 Å². The van der Waals surface area contributed by atoms with Gasteiger partial charge in [-0.05, 0) is 24.5 Å². The Kier molecular flexibility index (Phi) is 4.65. The van der Waals surface area contributed by atoms with Crippen molar-refractivity contribution in [1.29, 1.82) is 0 Å². The van der Waals surface area contributed by atoms with Gasteiger partial charge < -0.3 is 10.4 Å². The highest BCUT2D eigenvalue weighted by Crippen LogP contribution is 2.53. The second-order valence-corrected chi connectivity index (χ2v) is 6.05. The zero-order chi connectivity index (χ0) is 18.0. The van der Waals surface area contributed by atoms with Gasteiger partial charge in [0.05, 0.1) is 5.92 Å². The van der Waals surface area contributed by atoms with Gasteiger partial charge in [0.2, 0.25) is 0 Å². The van der Waals surface area contributed by atoms with Gasteiger partial charge in [0, 0.05) is 25.1 Å². The number of aliphatic carboxylic acids is 1. The van der Waals surface area contributed by atoms with Crippen LogP contribution in [0.4, 0.5) is 0 Å². The summed E-state index contributed by atoms with van der Waals surface area (Å²) in [6.07, 6.45) is 0. The predicted octanol–water partition coefficient (Wildman–Crippen LogP) is 1.11. The minimum atomic E-state index is -0.856. The van der Waals surface area contributed by atoms with Gasteiger partial charge >= 0.3 is 5.97 Å². The van der Waals surface area contributed by atoms with Crippen molar-refractivity contribution in [2.24, 2.45) is 11.8 Å². The predicted molar refractivity (Wildman–Crippen MR) is 90.3 cm³/mol. The number of aryl methyl sites for hydroxylation is 1. The van der Waals surface area contributed by atoms with E-state index in [1.165, 1.54) is 16.8 Å². The van der Waals surface area contributed by atoms with Gasteiger partial charge in [0.25, 0.3) is 11.5 Å². The van der Waals surface area contributed by atoms with Crippen LogP contribution in [-0.2, 0) is 11.3 Å². The van der Waals surface area contributed by atoms with E-state index in [4.69, 9.17) is 0 Å². The molecule has 3 rings (SSSR count). The van der Waals surface area contributed by atoms with Gasteiger partial charge in [0.1, 0.15) is 5.69 Å². The molecular weight excluding hydrogens is 322 g/mol. The number of carbonyl (C=O) groups excluding carboxylic acids is 1. The molecule has 7 nitrogen and oxygen atoms in total. The summed E-state index contributed by atoms with van der Waals surface area (Å²) in [5.41, 5.74) is 0.841. The highest BCUT2D eigenvalue weighted by Gasteiger charge is 2.55. The molecule has 25 heavy (non-hydrogen) atoms. The van der Waals surface area contributed by atoms with Crippen LogP contribution in [0.2, 0.25) is 0 Å². The molecule has 0 bridgehead atoms. The smallest absolute Gasteiger partial charge is 0.307 e. The molecule has 0 saturated heterocycles. The van der Waals surface area contributed by atoms with Gasteiger partial charge in [0.15, 0.2) is 0 Å². The first kappa shape index (κ1) is 16.9. The molecule has 1 fully saturated rings. The number of amides is 1. The number of carboxylic acids is 1. The van der Waals surface area contributed by atoms with Crippen molar-refractivity contribution in [3.05, 3.63) is 64.1 Å². The van der Waals surface area contributed by atoms with Gasteiger partial charge in [-0.15, -0.1) is 0 Å². The van der Waals surface area contributed by atoms with E-state index >= 15 is 0 Å². The van der Waals surface area contributed by atoms with E-state index in [1.807, 2.05) is 30.3 Å². The quantitative estimate of drug-likeness (QED) is 0.819. The number of hydrogen-bond acceptors (Lipinski definition) is 4. The van der Waals surface area contributed by atoms with Crippen LogP contribution in [0.15, 0.2) is 47.3 Å². The lowest BCUT2D eigenvalue weighted by atomic mass is 10.1. The Labute approximate surface area is 144 Å².